The van der Waals surface area contributed by atoms with Crippen LogP contribution in [0.4, 0.5) is 11.4 Å². The van der Waals surface area contributed by atoms with Crippen LogP contribution in [0.15, 0.2) is 41.3 Å². The highest BCUT2D eigenvalue weighted by Gasteiger charge is 2.34. The van der Waals surface area contributed by atoms with Gasteiger partial charge in [-0.2, -0.15) is 12.7 Å². The molecule has 0 unspecified atom stereocenters. The molecule has 1 heterocycles. The Morgan fingerprint density at radius 3 is 2.41 bits per heavy atom. The number of nitro groups is 1. The zero-order valence-electron chi connectivity index (χ0n) is 19.4. The molecule has 2 aromatic rings. The first-order valence-corrected chi connectivity index (χ1v) is 14.1. The van der Waals surface area contributed by atoms with Crippen molar-refractivity contribution >= 4 is 31.5 Å². The molecular formula is C22H29N3O7S2. The Morgan fingerprint density at radius 2 is 1.79 bits per heavy atom. The van der Waals surface area contributed by atoms with Crippen molar-refractivity contribution < 1.29 is 25.9 Å². The Morgan fingerprint density at radius 1 is 1.12 bits per heavy atom. The van der Waals surface area contributed by atoms with Gasteiger partial charge in [0.2, 0.25) is 10.0 Å². The molecule has 2 aromatic carbocycles. The summed E-state index contributed by atoms with van der Waals surface area (Å²) in [5.41, 5.74) is 2.39. The normalized spacial score (nSPS) is 14.6. The van der Waals surface area contributed by atoms with Gasteiger partial charge in [-0.15, -0.1) is 0 Å². The van der Waals surface area contributed by atoms with Gasteiger partial charge in [-0.3, -0.25) is 14.3 Å². The van der Waals surface area contributed by atoms with Crippen molar-refractivity contribution in [1.82, 2.24) is 4.31 Å². The molecule has 10 nitrogen and oxygen atoms in total. The van der Waals surface area contributed by atoms with Crippen LogP contribution in [0, 0.1) is 17.0 Å². The maximum atomic E-state index is 13.8. The van der Waals surface area contributed by atoms with Crippen LogP contribution >= 0.6 is 0 Å². The van der Waals surface area contributed by atoms with Crippen LogP contribution in [0.1, 0.15) is 30.0 Å². The fraction of sp³-hybridized carbons (Fsp3) is 0.455. The summed E-state index contributed by atoms with van der Waals surface area (Å²) < 4.78 is 56.7. The summed E-state index contributed by atoms with van der Waals surface area (Å²) in [4.78, 5) is 12.5. The molecule has 0 radical (unpaired) electrons. The number of benzene rings is 2. The second-order valence-electron chi connectivity index (χ2n) is 8.24. The van der Waals surface area contributed by atoms with Crippen LogP contribution < -0.4 is 4.90 Å². The average Bonchev–Trinajstić information content (AvgIpc) is 2.76. The Balaban J connectivity index is 2.08. The maximum Gasteiger partial charge on any atom is 0.271 e. The fourth-order valence-corrected chi connectivity index (χ4v) is 6.25. The van der Waals surface area contributed by atoms with E-state index in [0.29, 0.717) is 30.6 Å². The monoisotopic (exact) mass is 511 g/mol. The minimum absolute atomic E-state index is 0.102. The zero-order valence-corrected chi connectivity index (χ0v) is 21.1. The number of anilines is 1. The van der Waals surface area contributed by atoms with Gasteiger partial charge in [0.1, 0.15) is 4.90 Å². The van der Waals surface area contributed by atoms with Crippen molar-refractivity contribution in [2.75, 3.05) is 37.4 Å². The molecule has 186 valence electrons. The van der Waals surface area contributed by atoms with E-state index in [1.165, 1.54) is 10.4 Å². The number of non-ortho nitro benzene ring substituents is 1. The molecule has 1 aliphatic heterocycles. The lowest BCUT2D eigenvalue weighted by molar-refractivity contribution is -0.385. The number of nitro benzene ring substituents is 1. The average molecular weight is 512 g/mol. The van der Waals surface area contributed by atoms with Crippen LogP contribution in [0.5, 0.6) is 0 Å². The summed E-state index contributed by atoms with van der Waals surface area (Å²) in [6.07, 6.45) is 2.13. The Kier molecular flexibility index (Phi) is 7.96. The van der Waals surface area contributed by atoms with E-state index in [4.69, 9.17) is 4.18 Å². The van der Waals surface area contributed by atoms with E-state index < -0.39 is 25.1 Å². The minimum Gasteiger partial charge on any atom is -0.368 e. The zero-order chi connectivity index (χ0) is 25.1. The molecule has 3 rings (SSSR count). The van der Waals surface area contributed by atoms with E-state index in [9.17, 15) is 26.9 Å². The van der Waals surface area contributed by atoms with Crippen LogP contribution in [-0.4, -0.2) is 58.6 Å². The van der Waals surface area contributed by atoms with Crippen molar-refractivity contribution in [2.24, 2.45) is 0 Å². The molecule has 0 saturated carbocycles. The quantitative estimate of drug-likeness (QED) is 0.271. The maximum absolute atomic E-state index is 13.8. The lowest BCUT2D eigenvalue weighted by Crippen LogP contribution is -2.38. The molecule has 0 aromatic heterocycles. The second kappa shape index (κ2) is 10.4. The molecule has 0 bridgehead atoms. The van der Waals surface area contributed by atoms with E-state index in [2.05, 4.69) is 0 Å². The summed E-state index contributed by atoms with van der Waals surface area (Å²) in [6, 6.07) is 10.0. The van der Waals surface area contributed by atoms with E-state index in [0.717, 1.165) is 23.4 Å². The molecule has 12 heteroatoms. The van der Waals surface area contributed by atoms with Gasteiger partial charge in [-0.05, 0) is 36.5 Å². The summed E-state index contributed by atoms with van der Waals surface area (Å²) in [7, 11) is -7.77. The topological polar surface area (TPSA) is 127 Å². The van der Waals surface area contributed by atoms with Crippen molar-refractivity contribution in [3.63, 3.8) is 0 Å². The lowest BCUT2D eigenvalue weighted by Gasteiger charge is -2.32. The van der Waals surface area contributed by atoms with Crippen molar-refractivity contribution in [3.05, 3.63) is 63.2 Å². The first-order chi connectivity index (χ1) is 15.9. The number of rotatable bonds is 10. The van der Waals surface area contributed by atoms with Crippen LogP contribution in [0.3, 0.4) is 0 Å². The first kappa shape index (κ1) is 26.1. The predicted molar refractivity (Wildman–Crippen MR) is 129 cm³/mol. The van der Waals surface area contributed by atoms with Gasteiger partial charge in [0.25, 0.3) is 15.8 Å². The predicted octanol–water partition coefficient (Wildman–Crippen LogP) is 2.84. The van der Waals surface area contributed by atoms with Crippen LogP contribution in [-0.2, 0) is 37.3 Å². The smallest absolute Gasteiger partial charge is 0.271 e. The molecule has 0 fully saturated rings. The van der Waals surface area contributed by atoms with Crippen LogP contribution in [0.25, 0.3) is 0 Å². The summed E-state index contributed by atoms with van der Waals surface area (Å²) in [6.45, 7) is 4.29. The molecule has 1 aliphatic rings. The van der Waals surface area contributed by atoms with Gasteiger partial charge >= 0.3 is 0 Å². The summed E-state index contributed by atoms with van der Waals surface area (Å²) >= 11 is 0. The van der Waals surface area contributed by atoms with Gasteiger partial charge in [0.15, 0.2) is 0 Å². The SMILES string of the molecule is CCCN(CCOS(C)(=O)=O)c1c(C)cc([N+](=O)[O-])cc1S(=O)(=O)N1CCc2ccccc2C1. The highest BCUT2D eigenvalue weighted by atomic mass is 32.2. The highest BCUT2D eigenvalue weighted by molar-refractivity contribution is 7.89. The molecule has 34 heavy (non-hydrogen) atoms. The Hall–Kier alpha value is -2.54. The molecule has 0 aliphatic carbocycles. The Bertz CT molecular complexity index is 1280. The largest absolute Gasteiger partial charge is 0.368 e. The highest BCUT2D eigenvalue weighted by Crippen LogP contribution is 2.36. The third-order valence-electron chi connectivity index (χ3n) is 5.64. The second-order valence-corrected chi connectivity index (χ2v) is 11.8. The van der Waals surface area contributed by atoms with Crippen LogP contribution in [0.2, 0.25) is 0 Å². The molecule has 0 saturated heterocycles. The van der Waals surface area contributed by atoms with Gasteiger partial charge in [0.05, 0.1) is 23.5 Å². The number of hydrogen-bond donors (Lipinski definition) is 0. The van der Waals surface area contributed by atoms with E-state index in [1.807, 2.05) is 31.2 Å². The molecule has 0 spiro atoms. The molecule has 0 atom stereocenters. The molecular weight excluding hydrogens is 482 g/mol. The van der Waals surface area contributed by atoms with Gasteiger partial charge in [-0.1, -0.05) is 31.2 Å². The van der Waals surface area contributed by atoms with E-state index >= 15 is 0 Å². The fourth-order valence-electron chi connectivity index (χ4n) is 4.15. The van der Waals surface area contributed by atoms with Crippen molar-refractivity contribution in [1.29, 1.82) is 0 Å². The van der Waals surface area contributed by atoms with Gasteiger partial charge < -0.3 is 4.90 Å². The van der Waals surface area contributed by atoms with Gasteiger partial charge in [-0.25, -0.2) is 8.42 Å². The Labute approximate surface area is 200 Å². The number of hydrogen-bond acceptors (Lipinski definition) is 8. The number of aryl methyl sites for hydroxylation is 1. The van der Waals surface area contributed by atoms with Crippen molar-refractivity contribution in [2.45, 2.75) is 38.1 Å². The summed E-state index contributed by atoms with van der Waals surface area (Å²) in [5.74, 6) is 0. The van der Waals surface area contributed by atoms with Crippen molar-refractivity contribution in [3.8, 4) is 0 Å². The number of sulfonamides is 1. The molecule has 0 N–H and O–H groups in total. The van der Waals surface area contributed by atoms with E-state index in [-0.39, 0.29) is 36.8 Å². The summed E-state index contributed by atoms with van der Waals surface area (Å²) in [5, 5.41) is 11.6. The first-order valence-electron chi connectivity index (χ1n) is 10.9. The number of fused-ring (bicyclic) bond motifs is 1. The minimum atomic E-state index is -4.10. The van der Waals surface area contributed by atoms with Gasteiger partial charge in [0, 0.05) is 38.3 Å². The van der Waals surface area contributed by atoms with E-state index in [1.54, 1.807) is 11.8 Å². The third-order valence-corrected chi connectivity index (χ3v) is 8.10. The lowest BCUT2D eigenvalue weighted by atomic mass is 10.0. The standard InChI is InChI=1S/C22H29N3O7S2/c1-4-10-23(12-13-32-33(3,28)29)22-17(2)14-20(25(26)27)15-21(22)34(30,31)24-11-9-18-7-5-6-8-19(18)16-24/h5-8,14-15H,4,9-13,16H2,1-3H3. The number of nitrogens with zero attached hydrogens (tertiary/aromatic N) is 3. The molecule has 0 amide bonds. The third kappa shape index (κ3) is 5.93.